The van der Waals surface area contributed by atoms with Gasteiger partial charge < -0.3 is 4.74 Å². The first-order valence-electron chi connectivity index (χ1n) is 2.62. The topological polar surface area (TPSA) is 27.1 Å². The van der Waals surface area contributed by atoms with E-state index < -0.39 is 0 Å². The molecule has 1 heterocycles. The standard InChI is InChI=1S/C5H6Br2N2O/c1-10-3-9-5(7)2-4(6)8-9/h2H,3H2,1H3. The molecule has 5 heteroatoms. The first-order chi connectivity index (χ1) is 4.74. The highest BCUT2D eigenvalue weighted by Crippen LogP contribution is 2.15. The van der Waals surface area contributed by atoms with E-state index >= 15 is 0 Å². The minimum atomic E-state index is 0.464. The summed E-state index contributed by atoms with van der Waals surface area (Å²) in [6.07, 6.45) is 0. The molecule has 0 fully saturated rings. The molecule has 0 saturated heterocycles. The van der Waals surface area contributed by atoms with Crippen LogP contribution in [0.5, 0.6) is 0 Å². The normalized spacial score (nSPS) is 10.3. The van der Waals surface area contributed by atoms with Gasteiger partial charge in [-0.15, -0.1) is 0 Å². The molecule has 1 aromatic rings. The van der Waals surface area contributed by atoms with Crippen molar-refractivity contribution in [3.63, 3.8) is 0 Å². The molecule has 0 radical (unpaired) electrons. The maximum absolute atomic E-state index is 4.87. The van der Waals surface area contributed by atoms with Crippen molar-refractivity contribution in [1.82, 2.24) is 9.78 Å². The van der Waals surface area contributed by atoms with Crippen LogP contribution < -0.4 is 0 Å². The highest BCUT2D eigenvalue weighted by molar-refractivity contribution is 9.11. The Morgan fingerprint density at radius 3 is 2.80 bits per heavy atom. The van der Waals surface area contributed by atoms with Gasteiger partial charge in [0.25, 0.3) is 0 Å². The Morgan fingerprint density at radius 2 is 2.40 bits per heavy atom. The van der Waals surface area contributed by atoms with Gasteiger partial charge in [-0.05, 0) is 31.9 Å². The van der Waals surface area contributed by atoms with Gasteiger partial charge in [-0.3, -0.25) is 0 Å². The van der Waals surface area contributed by atoms with Crippen LogP contribution in [0.4, 0.5) is 0 Å². The van der Waals surface area contributed by atoms with Gasteiger partial charge in [0.15, 0.2) is 0 Å². The van der Waals surface area contributed by atoms with Crippen LogP contribution in [-0.2, 0) is 11.5 Å². The number of hydrogen-bond donors (Lipinski definition) is 0. The number of aromatic nitrogens is 2. The van der Waals surface area contributed by atoms with Gasteiger partial charge in [0.2, 0.25) is 0 Å². The lowest BCUT2D eigenvalue weighted by atomic mass is 10.7. The van der Waals surface area contributed by atoms with Crippen LogP contribution in [0.15, 0.2) is 15.3 Å². The van der Waals surface area contributed by atoms with Crippen molar-refractivity contribution in [2.45, 2.75) is 6.73 Å². The second-order valence-electron chi connectivity index (χ2n) is 1.71. The van der Waals surface area contributed by atoms with Gasteiger partial charge in [-0.25, -0.2) is 4.68 Å². The van der Waals surface area contributed by atoms with Crippen LogP contribution in [0, 0.1) is 0 Å². The van der Waals surface area contributed by atoms with Crippen molar-refractivity contribution >= 4 is 31.9 Å². The molecule has 0 saturated carbocycles. The highest BCUT2D eigenvalue weighted by atomic mass is 79.9. The molecule has 0 aliphatic heterocycles. The van der Waals surface area contributed by atoms with Crippen LogP contribution in [0.2, 0.25) is 0 Å². The summed E-state index contributed by atoms with van der Waals surface area (Å²) >= 11 is 6.54. The quantitative estimate of drug-likeness (QED) is 0.821. The fourth-order valence-electron chi connectivity index (χ4n) is 0.578. The molecular formula is C5H6Br2N2O. The number of methoxy groups -OCH3 is 1. The zero-order valence-electron chi connectivity index (χ0n) is 5.34. The Balaban J connectivity index is 2.81. The Bertz CT molecular complexity index is 223. The second kappa shape index (κ2) is 3.50. The molecule has 10 heavy (non-hydrogen) atoms. The molecule has 0 aromatic carbocycles. The van der Waals surface area contributed by atoms with Gasteiger partial charge in [-0.1, -0.05) is 0 Å². The summed E-state index contributed by atoms with van der Waals surface area (Å²) in [7, 11) is 1.63. The molecule has 0 aliphatic carbocycles. The van der Waals surface area contributed by atoms with E-state index in [1.165, 1.54) is 0 Å². The fraction of sp³-hybridized carbons (Fsp3) is 0.400. The number of rotatable bonds is 2. The van der Waals surface area contributed by atoms with Gasteiger partial charge in [0, 0.05) is 13.2 Å². The van der Waals surface area contributed by atoms with Crippen molar-refractivity contribution < 1.29 is 4.74 Å². The fourth-order valence-corrected chi connectivity index (χ4v) is 1.69. The minimum absolute atomic E-state index is 0.464. The monoisotopic (exact) mass is 268 g/mol. The summed E-state index contributed by atoms with van der Waals surface area (Å²) in [5, 5.41) is 4.06. The number of nitrogens with zero attached hydrogens (tertiary/aromatic N) is 2. The largest absolute Gasteiger partial charge is 0.362 e. The Kier molecular flexibility index (Phi) is 2.88. The Labute approximate surface area is 75.6 Å². The van der Waals surface area contributed by atoms with E-state index in [0.717, 1.165) is 9.21 Å². The summed E-state index contributed by atoms with van der Waals surface area (Å²) in [4.78, 5) is 0. The van der Waals surface area contributed by atoms with Crippen LogP contribution in [0.25, 0.3) is 0 Å². The maximum atomic E-state index is 4.87. The van der Waals surface area contributed by atoms with E-state index in [1.54, 1.807) is 11.8 Å². The van der Waals surface area contributed by atoms with Crippen LogP contribution in [0.1, 0.15) is 0 Å². The summed E-state index contributed by atoms with van der Waals surface area (Å²) in [5.41, 5.74) is 0. The zero-order chi connectivity index (χ0) is 7.56. The first kappa shape index (κ1) is 8.23. The third-order valence-electron chi connectivity index (χ3n) is 0.952. The molecule has 0 amide bonds. The summed E-state index contributed by atoms with van der Waals surface area (Å²) < 4.78 is 8.28. The molecule has 56 valence electrons. The van der Waals surface area contributed by atoms with Crippen molar-refractivity contribution in [2.75, 3.05) is 7.11 Å². The lowest BCUT2D eigenvalue weighted by Crippen LogP contribution is -2.01. The van der Waals surface area contributed by atoms with Crippen LogP contribution in [-0.4, -0.2) is 16.9 Å². The SMILES string of the molecule is COCn1nc(Br)cc1Br. The smallest absolute Gasteiger partial charge is 0.140 e. The first-order valence-corrected chi connectivity index (χ1v) is 4.20. The van der Waals surface area contributed by atoms with Crippen LogP contribution >= 0.6 is 31.9 Å². The van der Waals surface area contributed by atoms with Crippen molar-refractivity contribution in [1.29, 1.82) is 0 Å². The number of hydrogen-bond acceptors (Lipinski definition) is 2. The summed E-state index contributed by atoms with van der Waals surface area (Å²) in [6.45, 7) is 0.464. The Hall–Kier alpha value is 0.130. The molecule has 0 aliphatic rings. The maximum Gasteiger partial charge on any atom is 0.140 e. The molecule has 0 N–H and O–H groups in total. The van der Waals surface area contributed by atoms with Gasteiger partial charge in [-0.2, -0.15) is 5.10 Å². The third kappa shape index (κ3) is 1.81. The molecule has 0 bridgehead atoms. The summed E-state index contributed by atoms with van der Waals surface area (Å²) in [6, 6.07) is 1.86. The highest BCUT2D eigenvalue weighted by Gasteiger charge is 2.00. The van der Waals surface area contributed by atoms with E-state index in [4.69, 9.17) is 4.74 Å². The van der Waals surface area contributed by atoms with Crippen molar-refractivity contribution in [3.05, 3.63) is 15.3 Å². The molecule has 0 atom stereocenters. The van der Waals surface area contributed by atoms with Crippen molar-refractivity contribution in [2.24, 2.45) is 0 Å². The predicted octanol–water partition coefficient (Wildman–Crippen LogP) is 2.01. The lowest BCUT2D eigenvalue weighted by Gasteiger charge is -1.98. The average molecular weight is 270 g/mol. The second-order valence-corrected chi connectivity index (χ2v) is 3.33. The minimum Gasteiger partial charge on any atom is -0.362 e. The average Bonchev–Trinajstić information content (AvgIpc) is 2.13. The molecule has 1 rings (SSSR count). The van der Waals surface area contributed by atoms with Gasteiger partial charge >= 0.3 is 0 Å². The van der Waals surface area contributed by atoms with E-state index in [0.29, 0.717) is 6.73 Å². The summed E-state index contributed by atoms with van der Waals surface area (Å²) in [5.74, 6) is 0. The molecular weight excluding hydrogens is 264 g/mol. The van der Waals surface area contributed by atoms with Crippen LogP contribution in [0.3, 0.4) is 0 Å². The lowest BCUT2D eigenvalue weighted by molar-refractivity contribution is 0.118. The molecule has 3 nitrogen and oxygen atoms in total. The number of halogens is 2. The Morgan fingerprint density at radius 1 is 1.70 bits per heavy atom. The van der Waals surface area contributed by atoms with E-state index in [-0.39, 0.29) is 0 Å². The predicted molar refractivity (Wildman–Crippen MR) is 44.6 cm³/mol. The molecule has 0 unspecified atom stereocenters. The zero-order valence-corrected chi connectivity index (χ0v) is 8.52. The third-order valence-corrected chi connectivity index (χ3v) is 1.98. The van der Waals surface area contributed by atoms with Crippen molar-refractivity contribution in [3.8, 4) is 0 Å². The number of ether oxygens (including phenoxy) is 1. The molecule has 0 spiro atoms. The van der Waals surface area contributed by atoms with E-state index in [2.05, 4.69) is 37.0 Å². The van der Waals surface area contributed by atoms with E-state index in [9.17, 15) is 0 Å². The van der Waals surface area contributed by atoms with Gasteiger partial charge in [0.05, 0.1) is 0 Å². The molecule has 1 aromatic heterocycles. The van der Waals surface area contributed by atoms with Gasteiger partial charge in [0.1, 0.15) is 15.9 Å². The van der Waals surface area contributed by atoms with E-state index in [1.807, 2.05) is 6.07 Å².